The van der Waals surface area contributed by atoms with Crippen LogP contribution in [0.3, 0.4) is 0 Å². The van der Waals surface area contributed by atoms with Gasteiger partial charge >= 0.3 is 0 Å². The second-order valence-corrected chi connectivity index (χ2v) is 5.15. The van der Waals surface area contributed by atoms with Crippen molar-refractivity contribution in [1.82, 2.24) is 0 Å². The second-order valence-electron chi connectivity index (χ2n) is 5.15. The van der Waals surface area contributed by atoms with Crippen LogP contribution in [-0.2, 0) is 5.41 Å². The van der Waals surface area contributed by atoms with Crippen molar-refractivity contribution in [2.24, 2.45) is 0 Å². The molecule has 1 aromatic heterocycles. The summed E-state index contributed by atoms with van der Waals surface area (Å²) in [5.41, 5.74) is 1.08. The van der Waals surface area contributed by atoms with E-state index in [4.69, 9.17) is 9.15 Å². The first-order chi connectivity index (χ1) is 8.00. The molecule has 0 aliphatic heterocycles. The molecule has 17 heavy (non-hydrogen) atoms. The lowest BCUT2D eigenvalue weighted by Gasteiger charge is -2.14. The summed E-state index contributed by atoms with van der Waals surface area (Å²) in [5, 5.41) is 0. The molecule has 0 radical (unpaired) electrons. The Balaban J connectivity index is 2.37. The highest BCUT2D eigenvalue weighted by molar-refractivity contribution is 5.60. The van der Waals surface area contributed by atoms with E-state index in [-0.39, 0.29) is 5.41 Å². The predicted molar refractivity (Wildman–Crippen MR) is 69.4 cm³/mol. The van der Waals surface area contributed by atoms with Crippen LogP contribution in [0.5, 0.6) is 5.75 Å². The van der Waals surface area contributed by atoms with Crippen molar-refractivity contribution < 1.29 is 9.15 Å². The molecule has 0 bridgehead atoms. The Morgan fingerprint density at radius 2 is 1.82 bits per heavy atom. The second kappa shape index (κ2) is 4.28. The Labute approximate surface area is 102 Å². The van der Waals surface area contributed by atoms with Gasteiger partial charge in [-0.2, -0.15) is 0 Å². The molecule has 0 fully saturated rings. The van der Waals surface area contributed by atoms with Crippen molar-refractivity contribution in [1.29, 1.82) is 0 Å². The number of furan rings is 1. The summed E-state index contributed by atoms with van der Waals surface area (Å²) in [4.78, 5) is 0. The van der Waals surface area contributed by atoms with E-state index in [1.807, 2.05) is 36.4 Å². The zero-order chi connectivity index (χ0) is 12.5. The van der Waals surface area contributed by atoms with Crippen molar-refractivity contribution in [2.45, 2.75) is 26.2 Å². The molecule has 0 aliphatic carbocycles. The van der Waals surface area contributed by atoms with Crippen molar-refractivity contribution >= 4 is 0 Å². The monoisotopic (exact) mass is 230 g/mol. The van der Waals surface area contributed by atoms with Crippen LogP contribution < -0.4 is 4.74 Å². The fraction of sp³-hybridized carbons (Fsp3) is 0.333. The molecule has 2 heteroatoms. The minimum Gasteiger partial charge on any atom is -0.497 e. The highest BCUT2D eigenvalue weighted by Crippen LogP contribution is 2.30. The molecular weight excluding hydrogens is 212 g/mol. The molecule has 0 saturated heterocycles. The number of rotatable bonds is 2. The third-order valence-corrected chi connectivity index (χ3v) is 2.70. The van der Waals surface area contributed by atoms with E-state index in [0.29, 0.717) is 0 Å². The number of hydrogen-bond donors (Lipinski definition) is 0. The summed E-state index contributed by atoms with van der Waals surface area (Å²) in [6.45, 7) is 6.42. The normalized spacial score (nSPS) is 11.5. The summed E-state index contributed by atoms with van der Waals surface area (Å²) in [6.07, 6.45) is 0. The minimum atomic E-state index is 0.0388. The Morgan fingerprint density at radius 1 is 1.06 bits per heavy atom. The van der Waals surface area contributed by atoms with E-state index in [1.165, 1.54) is 0 Å². The van der Waals surface area contributed by atoms with E-state index >= 15 is 0 Å². The van der Waals surface area contributed by atoms with E-state index in [1.54, 1.807) is 7.11 Å². The maximum absolute atomic E-state index is 5.88. The average Bonchev–Trinajstić information content (AvgIpc) is 2.78. The molecular formula is C15H18O2. The topological polar surface area (TPSA) is 22.4 Å². The van der Waals surface area contributed by atoms with Gasteiger partial charge < -0.3 is 9.15 Å². The van der Waals surface area contributed by atoms with Gasteiger partial charge in [0.1, 0.15) is 17.3 Å². The molecule has 1 heterocycles. The standard InChI is InChI=1S/C15H18O2/c1-15(2,3)14-9-8-13(17-14)11-6-5-7-12(10-11)16-4/h5-10H,1-4H3. The zero-order valence-electron chi connectivity index (χ0n) is 10.8. The maximum Gasteiger partial charge on any atom is 0.134 e. The summed E-state index contributed by atoms with van der Waals surface area (Å²) >= 11 is 0. The third-order valence-electron chi connectivity index (χ3n) is 2.70. The van der Waals surface area contributed by atoms with Crippen molar-refractivity contribution in [2.75, 3.05) is 7.11 Å². The van der Waals surface area contributed by atoms with Crippen molar-refractivity contribution in [3.63, 3.8) is 0 Å². The van der Waals surface area contributed by atoms with Crippen LogP contribution in [0, 0.1) is 0 Å². The first-order valence-corrected chi connectivity index (χ1v) is 5.75. The number of benzene rings is 1. The summed E-state index contributed by atoms with van der Waals surface area (Å²) in [5.74, 6) is 2.72. The number of ether oxygens (including phenoxy) is 1. The quantitative estimate of drug-likeness (QED) is 0.769. The summed E-state index contributed by atoms with van der Waals surface area (Å²) in [6, 6.07) is 11.9. The Hall–Kier alpha value is -1.70. The maximum atomic E-state index is 5.88. The lowest BCUT2D eigenvalue weighted by molar-refractivity contribution is 0.411. The van der Waals surface area contributed by atoms with E-state index in [2.05, 4.69) is 20.8 Å². The minimum absolute atomic E-state index is 0.0388. The van der Waals surface area contributed by atoms with Crippen LogP contribution in [0.15, 0.2) is 40.8 Å². The molecule has 2 rings (SSSR count). The van der Waals surface area contributed by atoms with Crippen molar-refractivity contribution in [3.8, 4) is 17.1 Å². The number of hydrogen-bond acceptors (Lipinski definition) is 2. The van der Waals surface area contributed by atoms with E-state index in [9.17, 15) is 0 Å². The summed E-state index contributed by atoms with van der Waals surface area (Å²) in [7, 11) is 1.67. The fourth-order valence-electron chi connectivity index (χ4n) is 1.67. The molecule has 0 N–H and O–H groups in total. The lowest BCUT2D eigenvalue weighted by atomic mass is 9.94. The molecule has 2 nitrogen and oxygen atoms in total. The Morgan fingerprint density at radius 3 is 2.41 bits per heavy atom. The highest BCUT2D eigenvalue weighted by Gasteiger charge is 2.18. The van der Waals surface area contributed by atoms with Gasteiger partial charge in [-0.3, -0.25) is 0 Å². The first-order valence-electron chi connectivity index (χ1n) is 5.75. The Bertz CT molecular complexity index is 504. The molecule has 1 aromatic carbocycles. The fourth-order valence-corrected chi connectivity index (χ4v) is 1.67. The molecule has 0 atom stereocenters. The zero-order valence-corrected chi connectivity index (χ0v) is 10.8. The molecule has 0 aliphatic rings. The van der Waals surface area contributed by atoms with Crippen LogP contribution in [0.2, 0.25) is 0 Å². The molecule has 90 valence electrons. The van der Waals surface area contributed by atoms with Gasteiger partial charge in [-0.1, -0.05) is 32.9 Å². The molecule has 0 amide bonds. The van der Waals surface area contributed by atoms with Crippen LogP contribution in [0.1, 0.15) is 26.5 Å². The number of methoxy groups -OCH3 is 1. The lowest BCUT2D eigenvalue weighted by Crippen LogP contribution is -2.08. The van der Waals surface area contributed by atoms with Gasteiger partial charge in [0.25, 0.3) is 0 Å². The highest BCUT2D eigenvalue weighted by atomic mass is 16.5. The van der Waals surface area contributed by atoms with Gasteiger partial charge in [-0.15, -0.1) is 0 Å². The van der Waals surface area contributed by atoms with Gasteiger partial charge in [0.2, 0.25) is 0 Å². The van der Waals surface area contributed by atoms with Crippen LogP contribution in [0.4, 0.5) is 0 Å². The van der Waals surface area contributed by atoms with Crippen LogP contribution >= 0.6 is 0 Å². The van der Waals surface area contributed by atoms with Gasteiger partial charge in [0.05, 0.1) is 7.11 Å². The van der Waals surface area contributed by atoms with Gasteiger partial charge in [-0.25, -0.2) is 0 Å². The van der Waals surface area contributed by atoms with Gasteiger partial charge in [-0.05, 0) is 24.3 Å². The smallest absolute Gasteiger partial charge is 0.134 e. The van der Waals surface area contributed by atoms with Gasteiger partial charge in [0, 0.05) is 11.0 Å². The van der Waals surface area contributed by atoms with E-state index < -0.39 is 0 Å². The van der Waals surface area contributed by atoms with E-state index in [0.717, 1.165) is 22.8 Å². The Kier molecular flexibility index (Phi) is 2.97. The summed E-state index contributed by atoms with van der Waals surface area (Å²) < 4.78 is 11.1. The van der Waals surface area contributed by atoms with Crippen LogP contribution in [0.25, 0.3) is 11.3 Å². The molecule has 0 unspecified atom stereocenters. The average molecular weight is 230 g/mol. The molecule has 0 spiro atoms. The third kappa shape index (κ3) is 2.52. The SMILES string of the molecule is COc1cccc(-c2ccc(C(C)(C)C)o2)c1. The molecule has 2 aromatic rings. The largest absolute Gasteiger partial charge is 0.497 e. The predicted octanol–water partition coefficient (Wildman–Crippen LogP) is 4.25. The van der Waals surface area contributed by atoms with Gasteiger partial charge in [0.15, 0.2) is 0 Å². The van der Waals surface area contributed by atoms with Crippen molar-refractivity contribution in [3.05, 3.63) is 42.2 Å². The van der Waals surface area contributed by atoms with Crippen LogP contribution in [-0.4, -0.2) is 7.11 Å². The molecule has 0 saturated carbocycles. The first kappa shape index (κ1) is 11.8.